The Kier molecular flexibility index (Phi) is 5.75. The lowest BCUT2D eigenvalue weighted by molar-refractivity contribution is 0.102. The molecule has 0 unspecified atom stereocenters. The molecule has 0 atom stereocenters. The maximum atomic E-state index is 12.4. The smallest absolute Gasteiger partial charge is 0.257 e. The van der Waals surface area contributed by atoms with Crippen LogP contribution in [0, 0.1) is 0 Å². The van der Waals surface area contributed by atoms with Gasteiger partial charge in [0.05, 0.1) is 5.56 Å². The Labute approximate surface area is 147 Å². The highest BCUT2D eigenvalue weighted by Gasteiger charge is 2.12. The third-order valence-corrected chi connectivity index (χ3v) is 4.99. The SMILES string of the molecule is CSc1cccc(NC(=O)c2ccc(N3CCCCCC3)nc2)c1. The van der Waals surface area contributed by atoms with Gasteiger partial charge in [0.1, 0.15) is 5.82 Å². The van der Waals surface area contributed by atoms with Crippen molar-refractivity contribution in [2.45, 2.75) is 30.6 Å². The van der Waals surface area contributed by atoms with E-state index in [1.54, 1.807) is 18.0 Å². The number of carbonyl (C=O) groups is 1. The molecule has 0 saturated carbocycles. The summed E-state index contributed by atoms with van der Waals surface area (Å²) >= 11 is 1.66. The summed E-state index contributed by atoms with van der Waals surface area (Å²) in [5.41, 5.74) is 1.39. The number of thioether (sulfide) groups is 1. The summed E-state index contributed by atoms with van der Waals surface area (Å²) in [6.45, 7) is 2.11. The zero-order valence-electron chi connectivity index (χ0n) is 14.0. The Balaban J connectivity index is 1.66. The third-order valence-electron chi connectivity index (χ3n) is 4.27. The molecule has 0 spiro atoms. The minimum atomic E-state index is -0.122. The van der Waals surface area contributed by atoms with Crippen LogP contribution in [-0.4, -0.2) is 30.2 Å². The molecule has 1 fully saturated rings. The predicted octanol–water partition coefficient (Wildman–Crippen LogP) is 4.44. The molecule has 2 heterocycles. The largest absolute Gasteiger partial charge is 0.357 e. The lowest BCUT2D eigenvalue weighted by Gasteiger charge is -2.21. The molecule has 126 valence electrons. The molecule has 1 aromatic carbocycles. The summed E-state index contributed by atoms with van der Waals surface area (Å²) in [4.78, 5) is 20.3. The van der Waals surface area contributed by atoms with Crippen LogP contribution >= 0.6 is 11.8 Å². The lowest BCUT2D eigenvalue weighted by Crippen LogP contribution is -2.25. The summed E-state index contributed by atoms with van der Waals surface area (Å²) in [6, 6.07) is 11.7. The van der Waals surface area contributed by atoms with Crippen LogP contribution in [0.4, 0.5) is 11.5 Å². The highest BCUT2D eigenvalue weighted by atomic mass is 32.2. The van der Waals surface area contributed by atoms with Gasteiger partial charge in [0.15, 0.2) is 0 Å². The number of anilines is 2. The average Bonchev–Trinajstić information content (AvgIpc) is 2.91. The van der Waals surface area contributed by atoms with Gasteiger partial charge in [0.25, 0.3) is 5.91 Å². The number of amides is 1. The van der Waals surface area contributed by atoms with Gasteiger partial charge in [0.2, 0.25) is 0 Å². The predicted molar refractivity (Wildman–Crippen MR) is 101 cm³/mol. The summed E-state index contributed by atoms with van der Waals surface area (Å²) in [6.07, 6.45) is 8.73. The van der Waals surface area contributed by atoms with Crippen molar-refractivity contribution in [3.05, 3.63) is 48.2 Å². The summed E-state index contributed by atoms with van der Waals surface area (Å²) in [7, 11) is 0. The first kappa shape index (κ1) is 16.8. The zero-order valence-corrected chi connectivity index (χ0v) is 14.8. The maximum Gasteiger partial charge on any atom is 0.257 e. The van der Waals surface area contributed by atoms with Crippen LogP contribution in [0.1, 0.15) is 36.0 Å². The molecule has 1 amide bonds. The Hall–Kier alpha value is -2.01. The van der Waals surface area contributed by atoms with Gasteiger partial charge in [-0.15, -0.1) is 11.8 Å². The van der Waals surface area contributed by atoms with E-state index >= 15 is 0 Å². The van der Waals surface area contributed by atoms with Crippen LogP contribution in [-0.2, 0) is 0 Å². The van der Waals surface area contributed by atoms with Crippen LogP contribution in [0.2, 0.25) is 0 Å². The van der Waals surface area contributed by atoms with Crippen molar-refractivity contribution in [1.29, 1.82) is 0 Å². The fourth-order valence-corrected chi connectivity index (χ4v) is 3.37. The Bertz CT molecular complexity index is 679. The molecular formula is C19H23N3OS. The van der Waals surface area contributed by atoms with E-state index in [-0.39, 0.29) is 5.91 Å². The zero-order chi connectivity index (χ0) is 16.8. The number of nitrogens with one attached hydrogen (secondary N) is 1. The van der Waals surface area contributed by atoms with Crippen LogP contribution in [0.5, 0.6) is 0 Å². The first-order valence-corrected chi connectivity index (χ1v) is 9.65. The first-order valence-electron chi connectivity index (χ1n) is 8.43. The van der Waals surface area contributed by atoms with Crippen molar-refractivity contribution < 1.29 is 4.79 Å². The first-order chi connectivity index (χ1) is 11.8. The molecule has 1 aliphatic rings. The summed E-state index contributed by atoms with van der Waals surface area (Å²) in [5.74, 6) is 0.848. The molecule has 2 aromatic rings. The van der Waals surface area contributed by atoms with E-state index in [1.807, 2.05) is 42.7 Å². The molecule has 5 heteroatoms. The van der Waals surface area contributed by atoms with Gasteiger partial charge in [-0.05, 0) is 49.4 Å². The third kappa shape index (κ3) is 4.29. The number of pyridine rings is 1. The van der Waals surface area contributed by atoms with Crippen molar-refractivity contribution >= 4 is 29.2 Å². The van der Waals surface area contributed by atoms with E-state index in [1.165, 1.54) is 25.7 Å². The highest BCUT2D eigenvalue weighted by molar-refractivity contribution is 7.98. The molecule has 1 N–H and O–H groups in total. The molecule has 24 heavy (non-hydrogen) atoms. The maximum absolute atomic E-state index is 12.4. The topological polar surface area (TPSA) is 45.2 Å². The molecule has 4 nitrogen and oxygen atoms in total. The quantitative estimate of drug-likeness (QED) is 0.835. The molecule has 0 bridgehead atoms. The molecule has 1 aromatic heterocycles. The van der Waals surface area contributed by atoms with Crippen molar-refractivity contribution in [3.8, 4) is 0 Å². The number of carbonyl (C=O) groups excluding carboxylic acids is 1. The van der Waals surface area contributed by atoms with Crippen LogP contribution < -0.4 is 10.2 Å². The fourth-order valence-electron chi connectivity index (χ4n) is 2.91. The highest BCUT2D eigenvalue weighted by Crippen LogP contribution is 2.20. The fraction of sp³-hybridized carbons (Fsp3) is 0.368. The van der Waals surface area contributed by atoms with Gasteiger partial charge in [-0.2, -0.15) is 0 Å². The molecule has 0 radical (unpaired) electrons. The van der Waals surface area contributed by atoms with E-state index < -0.39 is 0 Å². The second-order valence-corrected chi connectivity index (χ2v) is 6.87. The normalized spacial score (nSPS) is 15.0. The number of benzene rings is 1. The van der Waals surface area contributed by atoms with Crippen molar-refractivity contribution in [3.63, 3.8) is 0 Å². The number of hydrogen-bond acceptors (Lipinski definition) is 4. The summed E-state index contributed by atoms with van der Waals surface area (Å²) in [5, 5.41) is 2.94. The molecule has 0 aliphatic carbocycles. The lowest BCUT2D eigenvalue weighted by atomic mass is 10.2. The number of nitrogens with zero attached hydrogens (tertiary/aromatic N) is 2. The Morgan fingerprint density at radius 1 is 1.12 bits per heavy atom. The monoisotopic (exact) mass is 341 g/mol. The van der Waals surface area contributed by atoms with Gasteiger partial charge < -0.3 is 10.2 Å². The minimum absolute atomic E-state index is 0.122. The van der Waals surface area contributed by atoms with Gasteiger partial charge in [-0.25, -0.2) is 4.98 Å². The number of hydrogen-bond donors (Lipinski definition) is 1. The van der Waals surface area contributed by atoms with E-state index in [4.69, 9.17) is 0 Å². The van der Waals surface area contributed by atoms with E-state index in [9.17, 15) is 4.79 Å². The van der Waals surface area contributed by atoms with Gasteiger partial charge in [-0.1, -0.05) is 18.9 Å². The molecular weight excluding hydrogens is 318 g/mol. The van der Waals surface area contributed by atoms with Crippen molar-refractivity contribution in [1.82, 2.24) is 4.98 Å². The van der Waals surface area contributed by atoms with Crippen molar-refractivity contribution in [2.24, 2.45) is 0 Å². The van der Waals surface area contributed by atoms with E-state index in [0.717, 1.165) is 29.5 Å². The second kappa shape index (κ2) is 8.20. The Morgan fingerprint density at radius 2 is 1.92 bits per heavy atom. The molecule has 3 rings (SSSR count). The van der Waals surface area contributed by atoms with Gasteiger partial charge in [-0.3, -0.25) is 4.79 Å². The molecule has 1 aliphatic heterocycles. The summed E-state index contributed by atoms with van der Waals surface area (Å²) < 4.78 is 0. The number of aromatic nitrogens is 1. The van der Waals surface area contributed by atoms with Crippen molar-refractivity contribution in [2.75, 3.05) is 29.6 Å². The van der Waals surface area contributed by atoms with Gasteiger partial charge in [0, 0.05) is 29.9 Å². The van der Waals surface area contributed by atoms with Crippen LogP contribution in [0.3, 0.4) is 0 Å². The minimum Gasteiger partial charge on any atom is -0.357 e. The van der Waals surface area contributed by atoms with E-state index in [0.29, 0.717) is 5.56 Å². The van der Waals surface area contributed by atoms with Crippen LogP contribution in [0.15, 0.2) is 47.5 Å². The van der Waals surface area contributed by atoms with E-state index in [2.05, 4.69) is 15.2 Å². The standard InChI is InChI=1S/C19H23N3OS/c1-24-17-8-6-7-16(13-17)21-19(23)15-9-10-18(20-14-15)22-11-4-2-3-5-12-22/h6-10,13-14H,2-5,11-12H2,1H3,(H,21,23). The second-order valence-electron chi connectivity index (χ2n) is 5.99. The Morgan fingerprint density at radius 3 is 2.58 bits per heavy atom. The number of rotatable bonds is 4. The van der Waals surface area contributed by atoms with Crippen LogP contribution in [0.25, 0.3) is 0 Å². The van der Waals surface area contributed by atoms with Gasteiger partial charge >= 0.3 is 0 Å². The average molecular weight is 341 g/mol. The molecule has 1 saturated heterocycles.